The van der Waals surface area contributed by atoms with E-state index >= 15 is 0 Å². The van der Waals surface area contributed by atoms with Crippen LogP contribution in [0.4, 0.5) is 13.2 Å². The van der Waals surface area contributed by atoms with Gasteiger partial charge < -0.3 is 10.4 Å². The maximum Gasteiger partial charge on any atom is 0.408 e. The molecule has 1 aromatic carbocycles. The highest BCUT2D eigenvalue weighted by atomic mass is 79.9. The number of piperazine rings is 1. The second-order valence-corrected chi connectivity index (χ2v) is 5.35. The van der Waals surface area contributed by atoms with Crippen molar-refractivity contribution in [3.8, 4) is 5.75 Å². The number of hydrogen-bond donors (Lipinski definition) is 2. The van der Waals surface area contributed by atoms with E-state index in [4.69, 9.17) is 0 Å². The zero-order valence-corrected chi connectivity index (χ0v) is 14.1. The van der Waals surface area contributed by atoms with Crippen LogP contribution in [0.5, 0.6) is 5.75 Å². The first-order valence-corrected chi connectivity index (χ1v) is 6.69. The molecule has 0 aromatic heterocycles. The summed E-state index contributed by atoms with van der Waals surface area (Å²) in [5.74, 6) is -0.338. The highest BCUT2D eigenvalue weighted by Gasteiger charge is 2.46. The van der Waals surface area contributed by atoms with E-state index in [2.05, 4.69) is 21.2 Å². The Labute approximate surface area is 141 Å². The number of halogens is 6. The largest absolute Gasteiger partial charge is 0.508 e. The first-order valence-electron chi connectivity index (χ1n) is 5.89. The highest BCUT2D eigenvalue weighted by Crippen LogP contribution is 2.41. The lowest BCUT2D eigenvalue weighted by Crippen LogP contribution is -2.49. The van der Waals surface area contributed by atoms with E-state index in [9.17, 15) is 18.3 Å². The molecule has 0 amide bonds. The van der Waals surface area contributed by atoms with Crippen LogP contribution in [-0.2, 0) is 0 Å². The van der Waals surface area contributed by atoms with Crippen molar-refractivity contribution in [1.82, 2.24) is 10.2 Å². The molecule has 0 spiro atoms. The van der Waals surface area contributed by atoms with Crippen LogP contribution in [-0.4, -0.2) is 42.4 Å². The number of benzene rings is 1. The Hall–Kier alpha value is -0.210. The Morgan fingerprint density at radius 2 is 1.76 bits per heavy atom. The summed E-state index contributed by atoms with van der Waals surface area (Å²) >= 11 is 3.13. The van der Waals surface area contributed by atoms with Crippen LogP contribution in [0, 0.1) is 0 Å². The smallest absolute Gasteiger partial charge is 0.408 e. The summed E-state index contributed by atoms with van der Waals surface area (Å²) in [5, 5.41) is 12.8. The van der Waals surface area contributed by atoms with Gasteiger partial charge in [0.1, 0.15) is 11.8 Å². The molecule has 1 aromatic rings. The van der Waals surface area contributed by atoms with Crippen molar-refractivity contribution >= 4 is 40.7 Å². The molecule has 122 valence electrons. The Bertz CT molecular complexity index is 457. The van der Waals surface area contributed by atoms with E-state index in [0.29, 0.717) is 30.7 Å². The SMILES string of the molecule is Cl.Cl.Oc1cc(Br)ccc1[C@H](N1CCNCC1)C(F)(F)F. The minimum absolute atomic E-state index is 0. The van der Waals surface area contributed by atoms with Crippen molar-refractivity contribution in [3.63, 3.8) is 0 Å². The standard InChI is InChI=1S/C12H14BrF3N2O.2ClH/c13-8-1-2-9(10(19)7-8)11(12(14,15)16)18-5-3-17-4-6-18;;/h1-2,7,11,17,19H,3-6H2;2*1H/t11-;;/m0../s1. The van der Waals surface area contributed by atoms with Gasteiger partial charge in [-0.3, -0.25) is 4.90 Å². The molecule has 21 heavy (non-hydrogen) atoms. The first kappa shape index (κ1) is 20.8. The fourth-order valence-electron chi connectivity index (χ4n) is 2.27. The molecule has 0 bridgehead atoms. The van der Waals surface area contributed by atoms with E-state index in [1.54, 1.807) is 0 Å². The van der Waals surface area contributed by atoms with Crippen molar-refractivity contribution < 1.29 is 18.3 Å². The highest BCUT2D eigenvalue weighted by molar-refractivity contribution is 9.10. The molecule has 1 heterocycles. The van der Waals surface area contributed by atoms with Crippen LogP contribution >= 0.6 is 40.7 Å². The lowest BCUT2D eigenvalue weighted by molar-refractivity contribution is -0.188. The maximum atomic E-state index is 13.3. The average molecular weight is 412 g/mol. The van der Waals surface area contributed by atoms with E-state index in [1.165, 1.54) is 23.1 Å². The van der Waals surface area contributed by atoms with Crippen molar-refractivity contribution in [3.05, 3.63) is 28.2 Å². The molecule has 0 aliphatic carbocycles. The summed E-state index contributed by atoms with van der Waals surface area (Å²) in [6, 6.07) is 2.36. The van der Waals surface area contributed by atoms with E-state index in [1.807, 2.05) is 0 Å². The third-order valence-corrected chi connectivity index (χ3v) is 3.61. The molecule has 0 unspecified atom stereocenters. The summed E-state index contributed by atoms with van der Waals surface area (Å²) in [6.45, 7) is 1.65. The second kappa shape index (κ2) is 8.43. The maximum absolute atomic E-state index is 13.3. The van der Waals surface area contributed by atoms with Gasteiger partial charge in [-0.05, 0) is 12.1 Å². The van der Waals surface area contributed by atoms with Crippen molar-refractivity contribution in [2.24, 2.45) is 0 Å². The summed E-state index contributed by atoms with van der Waals surface area (Å²) in [4.78, 5) is 1.35. The molecule has 1 aliphatic heterocycles. The van der Waals surface area contributed by atoms with Gasteiger partial charge in [0.15, 0.2) is 0 Å². The second-order valence-electron chi connectivity index (χ2n) is 4.43. The number of aromatic hydroxyl groups is 1. The topological polar surface area (TPSA) is 35.5 Å². The lowest BCUT2D eigenvalue weighted by Gasteiger charge is -2.36. The number of phenolic OH excluding ortho intramolecular Hbond substituents is 1. The third-order valence-electron chi connectivity index (χ3n) is 3.11. The van der Waals surface area contributed by atoms with E-state index in [-0.39, 0.29) is 36.1 Å². The predicted molar refractivity (Wildman–Crippen MR) is 83.5 cm³/mol. The lowest BCUT2D eigenvalue weighted by atomic mass is 10.0. The molecular formula is C12H16BrCl2F3N2O. The summed E-state index contributed by atoms with van der Waals surface area (Å²) in [7, 11) is 0. The van der Waals surface area contributed by atoms with Gasteiger partial charge in [-0.15, -0.1) is 24.8 Å². The molecule has 3 nitrogen and oxygen atoms in total. The predicted octanol–water partition coefficient (Wildman–Crippen LogP) is 3.51. The van der Waals surface area contributed by atoms with Gasteiger partial charge in [-0.2, -0.15) is 13.2 Å². The van der Waals surface area contributed by atoms with Gasteiger partial charge >= 0.3 is 6.18 Å². The molecule has 1 atom stereocenters. The Balaban J connectivity index is 0.00000200. The Morgan fingerprint density at radius 3 is 2.24 bits per heavy atom. The molecule has 1 aliphatic rings. The average Bonchev–Trinajstić information content (AvgIpc) is 2.32. The van der Waals surface area contributed by atoms with Crippen molar-refractivity contribution in [2.75, 3.05) is 26.2 Å². The number of nitrogens with one attached hydrogen (secondary N) is 1. The van der Waals surface area contributed by atoms with Crippen LogP contribution in [0.3, 0.4) is 0 Å². The van der Waals surface area contributed by atoms with Crippen molar-refractivity contribution in [2.45, 2.75) is 12.2 Å². The van der Waals surface area contributed by atoms with Crippen LogP contribution in [0.25, 0.3) is 0 Å². The Morgan fingerprint density at radius 1 is 1.19 bits per heavy atom. The zero-order chi connectivity index (χ0) is 14.0. The monoisotopic (exact) mass is 410 g/mol. The summed E-state index contributed by atoms with van der Waals surface area (Å²) in [5.41, 5.74) is -0.0994. The number of hydrogen-bond acceptors (Lipinski definition) is 3. The first-order chi connectivity index (χ1) is 8.89. The molecule has 9 heteroatoms. The van der Waals surface area contributed by atoms with Crippen LogP contribution < -0.4 is 5.32 Å². The minimum Gasteiger partial charge on any atom is -0.508 e. The van der Waals surface area contributed by atoms with Gasteiger partial charge in [-0.1, -0.05) is 22.0 Å². The molecule has 0 saturated carbocycles. The third kappa shape index (κ3) is 5.17. The fraction of sp³-hybridized carbons (Fsp3) is 0.500. The molecule has 2 rings (SSSR count). The van der Waals surface area contributed by atoms with Crippen LogP contribution in [0.1, 0.15) is 11.6 Å². The summed E-state index contributed by atoms with van der Waals surface area (Å²) < 4.78 is 40.4. The number of rotatable bonds is 2. The van der Waals surface area contributed by atoms with Gasteiger partial charge in [0.25, 0.3) is 0 Å². The molecule has 2 N–H and O–H groups in total. The normalized spacial score (nSPS) is 17.5. The fourth-order valence-corrected chi connectivity index (χ4v) is 2.62. The zero-order valence-electron chi connectivity index (χ0n) is 10.9. The molecule has 0 radical (unpaired) electrons. The summed E-state index contributed by atoms with van der Waals surface area (Å²) in [6.07, 6.45) is -4.41. The van der Waals surface area contributed by atoms with Crippen LogP contribution in [0.15, 0.2) is 22.7 Å². The molecule has 1 fully saturated rings. The number of alkyl halides is 3. The van der Waals surface area contributed by atoms with Gasteiger partial charge in [-0.25, -0.2) is 0 Å². The minimum atomic E-state index is -4.41. The van der Waals surface area contributed by atoms with E-state index in [0.717, 1.165) is 0 Å². The Kier molecular flexibility index (Phi) is 8.35. The molecular weight excluding hydrogens is 396 g/mol. The van der Waals surface area contributed by atoms with Gasteiger partial charge in [0, 0.05) is 36.2 Å². The van der Waals surface area contributed by atoms with Gasteiger partial charge in [0.05, 0.1) is 0 Å². The number of nitrogens with zero attached hydrogens (tertiary/aromatic N) is 1. The quantitative estimate of drug-likeness (QED) is 0.781. The number of phenols is 1. The van der Waals surface area contributed by atoms with Gasteiger partial charge in [0.2, 0.25) is 0 Å². The van der Waals surface area contributed by atoms with E-state index < -0.39 is 12.2 Å². The molecule has 1 saturated heterocycles. The van der Waals surface area contributed by atoms with Crippen molar-refractivity contribution in [1.29, 1.82) is 0 Å². The van der Waals surface area contributed by atoms with Crippen LogP contribution in [0.2, 0.25) is 0 Å².